The Hall–Kier alpha value is -2.13. The zero-order valence-electron chi connectivity index (χ0n) is 15.4. The lowest BCUT2D eigenvalue weighted by Gasteiger charge is -2.21. The van der Waals surface area contributed by atoms with Crippen molar-refractivity contribution in [2.75, 3.05) is 25.5 Å². The number of anilines is 1. The second-order valence-corrected chi connectivity index (χ2v) is 7.90. The van der Waals surface area contributed by atoms with Gasteiger partial charge in [0.15, 0.2) is 0 Å². The maximum atomic E-state index is 12.7. The highest BCUT2D eigenvalue weighted by Crippen LogP contribution is 2.23. The fourth-order valence-electron chi connectivity index (χ4n) is 2.54. The zero-order chi connectivity index (χ0) is 19.7. The van der Waals surface area contributed by atoms with Gasteiger partial charge in [-0.25, -0.2) is 18.2 Å². The van der Waals surface area contributed by atoms with Gasteiger partial charge in [0, 0.05) is 14.1 Å². The van der Waals surface area contributed by atoms with Gasteiger partial charge < -0.3 is 4.90 Å². The minimum absolute atomic E-state index is 0.0121. The maximum Gasteiger partial charge on any atom is 0.266 e. The minimum atomic E-state index is -4.08. The quantitative estimate of drug-likeness (QED) is 0.259. The van der Waals surface area contributed by atoms with Crippen LogP contribution in [0.15, 0.2) is 29.2 Å². The van der Waals surface area contributed by atoms with Crippen LogP contribution in [-0.2, 0) is 19.6 Å². The molecule has 0 aliphatic heterocycles. The van der Waals surface area contributed by atoms with Crippen LogP contribution in [0.5, 0.6) is 0 Å². The van der Waals surface area contributed by atoms with Crippen molar-refractivity contribution >= 4 is 28.0 Å². The molecule has 1 aromatic rings. The summed E-state index contributed by atoms with van der Waals surface area (Å²) in [5, 5.41) is 9.75. The lowest BCUT2D eigenvalue weighted by atomic mass is 10.0. The summed E-state index contributed by atoms with van der Waals surface area (Å²) in [7, 11) is -0.671. The number of hydrogen-bond acceptors (Lipinski definition) is 6. The molecular weight excluding hydrogens is 358 g/mol. The van der Waals surface area contributed by atoms with E-state index in [1.807, 2.05) is 6.92 Å². The van der Waals surface area contributed by atoms with Gasteiger partial charge in [0.1, 0.15) is 4.90 Å². The number of amides is 2. The SMILES string of the molecule is CCCCCC(CN(O)C=O)C(=O)NS(=O)(=O)c1ccccc1N(C)C. The van der Waals surface area contributed by atoms with Gasteiger partial charge in [-0.3, -0.25) is 14.8 Å². The normalized spacial score (nSPS) is 12.3. The van der Waals surface area contributed by atoms with Crippen molar-refractivity contribution < 1.29 is 23.2 Å². The van der Waals surface area contributed by atoms with E-state index in [1.165, 1.54) is 6.07 Å². The summed E-state index contributed by atoms with van der Waals surface area (Å²) >= 11 is 0. The molecule has 26 heavy (non-hydrogen) atoms. The van der Waals surface area contributed by atoms with E-state index in [0.29, 0.717) is 23.6 Å². The van der Waals surface area contributed by atoms with Gasteiger partial charge in [0.05, 0.1) is 18.2 Å². The van der Waals surface area contributed by atoms with Crippen molar-refractivity contribution in [2.24, 2.45) is 5.92 Å². The molecule has 0 aromatic heterocycles. The number of nitrogens with one attached hydrogen (secondary N) is 1. The van der Waals surface area contributed by atoms with Gasteiger partial charge in [-0.05, 0) is 18.6 Å². The monoisotopic (exact) mass is 385 g/mol. The first kappa shape index (κ1) is 21.9. The summed E-state index contributed by atoms with van der Waals surface area (Å²) < 4.78 is 27.4. The Kier molecular flexibility index (Phi) is 8.53. The molecule has 1 aromatic carbocycles. The smallest absolute Gasteiger partial charge is 0.266 e. The van der Waals surface area contributed by atoms with Gasteiger partial charge >= 0.3 is 0 Å². The number of carbonyl (C=O) groups is 2. The zero-order valence-corrected chi connectivity index (χ0v) is 16.2. The molecular formula is C17H27N3O5S. The van der Waals surface area contributed by atoms with E-state index in [1.54, 1.807) is 37.2 Å². The molecule has 0 saturated carbocycles. The van der Waals surface area contributed by atoms with Gasteiger partial charge in [-0.15, -0.1) is 0 Å². The number of benzene rings is 1. The van der Waals surface area contributed by atoms with Crippen molar-refractivity contribution in [3.63, 3.8) is 0 Å². The van der Waals surface area contributed by atoms with Crippen LogP contribution in [0.2, 0.25) is 0 Å². The molecule has 1 atom stereocenters. The third-order valence-corrected chi connectivity index (χ3v) is 5.32. The number of hydrogen-bond donors (Lipinski definition) is 2. The molecule has 1 unspecified atom stereocenters. The lowest BCUT2D eigenvalue weighted by Crippen LogP contribution is -2.40. The molecule has 2 N–H and O–H groups in total. The molecule has 1 rings (SSSR count). The summed E-state index contributed by atoms with van der Waals surface area (Å²) in [5.41, 5.74) is 0.451. The van der Waals surface area contributed by atoms with Crippen LogP contribution in [0, 0.1) is 5.92 Å². The second-order valence-electron chi connectivity index (χ2n) is 6.25. The van der Waals surface area contributed by atoms with Crippen molar-refractivity contribution in [3.8, 4) is 0 Å². The Bertz CT molecular complexity index is 706. The molecule has 0 fully saturated rings. The third-order valence-electron chi connectivity index (χ3n) is 3.93. The highest BCUT2D eigenvalue weighted by atomic mass is 32.2. The molecule has 8 nitrogen and oxygen atoms in total. The van der Waals surface area contributed by atoms with Crippen molar-refractivity contribution in [1.82, 2.24) is 9.79 Å². The van der Waals surface area contributed by atoms with E-state index in [-0.39, 0.29) is 17.9 Å². The number of rotatable bonds is 11. The molecule has 0 saturated heterocycles. The van der Waals surface area contributed by atoms with E-state index in [4.69, 9.17) is 0 Å². The van der Waals surface area contributed by atoms with Crippen LogP contribution in [0.3, 0.4) is 0 Å². The first-order valence-corrected chi connectivity index (χ1v) is 9.95. The predicted molar refractivity (Wildman–Crippen MR) is 98.3 cm³/mol. The van der Waals surface area contributed by atoms with E-state index < -0.39 is 21.8 Å². The first-order chi connectivity index (χ1) is 12.2. The van der Waals surface area contributed by atoms with Crippen LogP contribution in [0.25, 0.3) is 0 Å². The molecule has 146 valence electrons. The Balaban J connectivity index is 3.00. The van der Waals surface area contributed by atoms with Crippen molar-refractivity contribution in [1.29, 1.82) is 0 Å². The average Bonchev–Trinajstić information content (AvgIpc) is 2.60. The maximum absolute atomic E-state index is 12.7. The third kappa shape index (κ3) is 6.30. The van der Waals surface area contributed by atoms with Crippen LogP contribution in [0.4, 0.5) is 5.69 Å². The highest BCUT2D eigenvalue weighted by molar-refractivity contribution is 7.90. The number of carbonyl (C=O) groups excluding carboxylic acids is 2. The molecule has 0 heterocycles. The second kappa shape index (κ2) is 10.1. The van der Waals surface area contributed by atoms with Crippen LogP contribution in [0.1, 0.15) is 32.6 Å². The molecule has 0 aliphatic rings. The topological polar surface area (TPSA) is 107 Å². The molecule has 0 spiro atoms. The highest BCUT2D eigenvalue weighted by Gasteiger charge is 2.27. The van der Waals surface area contributed by atoms with Gasteiger partial charge in [0.2, 0.25) is 12.3 Å². The Morgan fingerprint density at radius 3 is 2.50 bits per heavy atom. The fraction of sp³-hybridized carbons (Fsp3) is 0.529. The Labute approximate surface area is 154 Å². The van der Waals surface area contributed by atoms with E-state index in [2.05, 4.69) is 4.72 Å². The number of unbranched alkanes of at least 4 members (excludes halogenated alkanes) is 2. The summed E-state index contributed by atoms with van der Waals surface area (Å²) in [5.74, 6) is -1.56. The van der Waals surface area contributed by atoms with Crippen LogP contribution >= 0.6 is 0 Å². The molecule has 0 aliphatic carbocycles. The van der Waals surface area contributed by atoms with Gasteiger partial charge in [-0.2, -0.15) is 0 Å². The Morgan fingerprint density at radius 2 is 1.92 bits per heavy atom. The van der Waals surface area contributed by atoms with Gasteiger partial charge in [-0.1, -0.05) is 38.3 Å². The van der Waals surface area contributed by atoms with E-state index in [9.17, 15) is 23.2 Å². The van der Waals surface area contributed by atoms with Crippen molar-refractivity contribution in [2.45, 2.75) is 37.5 Å². The fourth-order valence-corrected chi connectivity index (χ4v) is 3.86. The molecule has 0 radical (unpaired) electrons. The summed E-state index contributed by atoms with van der Waals surface area (Å²) in [6.07, 6.45) is 3.05. The number of para-hydroxylation sites is 1. The molecule has 9 heteroatoms. The lowest BCUT2D eigenvalue weighted by molar-refractivity contribution is -0.154. The van der Waals surface area contributed by atoms with Crippen LogP contribution < -0.4 is 9.62 Å². The summed E-state index contributed by atoms with van der Waals surface area (Å²) in [6.45, 7) is 1.74. The van der Waals surface area contributed by atoms with Crippen LogP contribution in [-0.4, -0.2) is 51.6 Å². The molecule has 0 bridgehead atoms. The summed E-state index contributed by atoms with van der Waals surface area (Å²) in [4.78, 5) is 24.8. The number of hydroxylamine groups is 2. The Morgan fingerprint density at radius 1 is 1.27 bits per heavy atom. The minimum Gasteiger partial charge on any atom is -0.377 e. The number of sulfonamides is 1. The van der Waals surface area contributed by atoms with E-state index >= 15 is 0 Å². The summed E-state index contributed by atoms with van der Waals surface area (Å²) in [6, 6.07) is 6.34. The first-order valence-electron chi connectivity index (χ1n) is 8.46. The van der Waals surface area contributed by atoms with E-state index in [0.717, 1.165) is 12.8 Å². The van der Waals surface area contributed by atoms with Gasteiger partial charge in [0.25, 0.3) is 10.0 Å². The van der Waals surface area contributed by atoms with Crippen molar-refractivity contribution in [3.05, 3.63) is 24.3 Å². The molecule has 2 amide bonds. The predicted octanol–water partition coefficient (Wildman–Crippen LogP) is 1.60. The number of nitrogens with zero attached hydrogens (tertiary/aromatic N) is 2. The average molecular weight is 385 g/mol. The standard InChI is InChI=1S/C17H27N3O5S/c1-4-5-6-9-14(12-20(23)13-21)17(22)18-26(24,25)16-11-8-7-10-15(16)19(2)3/h7-8,10-11,13-14,23H,4-6,9,12H2,1-3H3,(H,18,22). The largest absolute Gasteiger partial charge is 0.377 e.